The molecule has 0 atom stereocenters. The normalized spacial score (nSPS) is 10.2. The molecule has 0 N–H and O–H groups in total. The molecule has 0 saturated heterocycles. The smallest absolute Gasteiger partial charge is 0.311 e. The van der Waals surface area contributed by atoms with E-state index in [-0.39, 0.29) is 18.0 Å². The Hall–Kier alpha value is -2.37. The first-order valence-electron chi connectivity index (χ1n) is 4.74. The molecule has 0 unspecified atom stereocenters. The third-order valence-electron chi connectivity index (χ3n) is 2.09. The highest BCUT2D eigenvalue weighted by atomic mass is 19.1. The van der Waals surface area contributed by atoms with Crippen LogP contribution in [0.5, 0.6) is 5.75 Å². The summed E-state index contributed by atoms with van der Waals surface area (Å²) in [4.78, 5) is 10.1. The highest BCUT2D eigenvalue weighted by molar-refractivity contribution is 5.46. The second kappa shape index (κ2) is 4.65. The van der Waals surface area contributed by atoms with Gasteiger partial charge in [0.1, 0.15) is 12.4 Å². The van der Waals surface area contributed by atoms with E-state index in [1.807, 2.05) is 0 Å². The Balaban J connectivity index is 2.19. The second-order valence-corrected chi connectivity index (χ2v) is 3.29. The van der Waals surface area contributed by atoms with Crippen molar-refractivity contribution in [1.82, 2.24) is 0 Å². The van der Waals surface area contributed by atoms with Crippen molar-refractivity contribution in [2.24, 2.45) is 0 Å². The van der Waals surface area contributed by atoms with E-state index in [0.29, 0.717) is 5.56 Å². The standard InChI is InChI=1S/C11H8FNO4/c12-9-1-2-10(13(14)15)11(5-9)17-7-8-3-4-16-6-8/h1-6H,7H2. The summed E-state index contributed by atoms with van der Waals surface area (Å²) in [5, 5.41) is 10.7. The molecule has 17 heavy (non-hydrogen) atoms. The predicted octanol–water partition coefficient (Wildman–Crippen LogP) is 2.91. The molecular weight excluding hydrogens is 229 g/mol. The fourth-order valence-electron chi connectivity index (χ4n) is 1.29. The van der Waals surface area contributed by atoms with Gasteiger partial charge in [0.15, 0.2) is 5.75 Å². The third-order valence-corrected chi connectivity index (χ3v) is 2.09. The molecule has 0 amide bonds. The van der Waals surface area contributed by atoms with Crippen LogP contribution in [0, 0.1) is 15.9 Å². The van der Waals surface area contributed by atoms with Gasteiger partial charge in [-0.2, -0.15) is 0 Å². The molecule has 0 aliphatic rings. The molecule has 0 aliphatic heterocycles. The van der Waals surface area contributed by atoms with E-state index in [2.05, 4.69) is 0 Å². The Morgan fingerprint density at radius 1 is 1.41 bits per heavy atom. The predicted molar refractivity (Wildman–Crippen MR) is 56.1 cm³/mol. The zero-order chi connectivity index (χ0) is 12.3. The Labute approximate surface area is 95.6 Å². The number of rotatable bonds is 4. The number of hydrogen-bond donors (Lipinski definition) is 0. The molecule has 6 heteroatoms. The summed E-state index contributed by atoms with van der Waals surface area (Å²) >= 11 is 0. The summed E-state index contributed by atoms with van der Waals surface area (Å²) in [5.74, 6) is -0.686. The molecule has 88 valence electrons. The summed E-state index contributed by atoms with van der Waals surface area (Å²) in [6.45, 7) is 0.0841. The van der Waals surface area contributed by atoms with Crippen LogP contribution in [-0.2, 0) is 6.61 Å². The number of nitro groups is 1. The number of furan rings is 1. The van der Waals surface area contributed by atoms with E-state index in [9.17, 15) is 14.5 Å². The lowest BCUT2D eigenvalue weighted by molar-refractivity contribution is -0.386. The molecule has 0 spiro atoms. The minimum atomic E-state index is -0.621. The van der Waals surface area contributed by atoms with Crippen LogP contribution in [0.3, 0.4) is 0 Å². The monoisotopic (exact) mass is 237 g/mol. The second-order valence-electron chi connectivity index (χ2n) is 3.29. The average Bonchev–Trinajstić information content (AvgIpc) is 2.78. The van der Waals surface area contributed by atoms with E-state index in [1.165, 1.54) is 12.5 Å². The van der Waals surface area contributed by atoms with Crippen LogP contribution >= 0.6 is 0 Å². The number of benzene rings is 1. The fourth-order valence-corrected chi connectivity index (χ4v) is 1.29. The Morgan fingerprint density at radius 2 is 2.24 bits per heavy atom. The van der Waals surface area contributed by atoms with Crippen LogP contribution < -0.4 is 4.74 Å². The molecule has 5 nitrogen and oxygen atoms in total. The van der Waals surface area contributed by atoms with Crippen molar-refractivity contribution in [3.63, 3.8) is 0 Å². The van der Waals surface area contributed by atoms with Crippen molar-refractivity contribution in [2.45, 2.75) is 6.61 Å². The van der Waals surface area contributed by atoms with Crippen molar-refractivity contribution < 1.29 is 18.5 Å². The van der Waals surface area contributed by atoms with Crippen LogP contribution in [0.2, 0.25) is 0 Å². The lowest BCUT2D eigenvalue weighted by Gasteiger charge is -2.05. The lowest BCUT2D eigenvalue weighted by Crippen LogP contribution is -1.98. The number of nitrogens with zero attached hydrogens (tertiary/aromatic N) is 1. The van der Waals surface area contributed by atoms with Gasteiger partial charge in [0, 0.05) is 17.7 Å². The average molecular weight is 237 g/mol. The largest absolute Gasteiger partial charge is 0.482 e. The number of ether oxygens (including phenoxy) is 1. The van der Waals surface area contributed by atoms with Gasteiger partial charge in [-0.1, -0.05) is 0 Å². The number of hydrogen-bond acceptors (Lipinski definition) is 4. The first-order chi connectivity index (χ1) is 8.16. The summed E-state index contributed by atoms with van der Waals surface area (Å²) < 4.78 is 23.0. The molecule has 0 aliphatic carbocycles. The van der Waals surface area contributed by atoms with Gasteiger partial charge in [-0.05, 0) is 12.1 Å². The van der Waals surface area contributed by atoms with Crippen LogP contribution in [0.25, 0.3) is 0 Å². The van der Waals surface area contributed by atoms with Gasteiger partial charge >= 0.3 is 5.69 Å². The summed E-state index contributed by atoms with van der Waals surface area (Å²) in [7, 11) is 0. The van der Waals surface area contributed by atoms with Gasteiger partial charge in [0.25, 0.3) is 0 Å². The molecule has 2 rings (SSSR count). The van der Waals surface area contributed by atoms with Crippen molar-refractivity contribution in [1.29, 1.82) is 0 Å². The minimum Gasteiger partial charge on any atom is -0.482 e. The zero-order valence-corrected chi connectivity index (χ0v) is 8.63. The highest BCUT2D eigenvalue weighted by Crippen LogP contribution is 2.28. The van der Waals surface area contributed by atoms with Gasteiger partial charge in [-0.25, -0.2) is 4.39 Å². The highest BCUT2D eigenvalue weighted by Gasteiger charge is 2.15. The van der Waals surface area contributed by atoms with Gasteiger partial charge in [0.05, 0.1) is 17.4 Å². The Bertz CT molecular complexity index is 524. The topological polar surface area (TPSA) is 65.5 Å². The third kappa shape index (κ3) is 2.60. The van der Waals surface area contributed by atoms with E-state index in [1.54, 1.807) is 6.07 Å². The van der Waals surface area contributed by atoms with E-state index >= 15 is 0 Å². The van der Waals surface area contributed by atoms with Crippen LogP contribution in [0.15, 0.2) is 41.2 Å². The van der Waals surface area contributed by atoms with Crippen LogP contribution in [-0.4, -0.2) is 4.92 Å². The summed E-state index contributed by atoms with van der Waals surface area (Å²) in [6.07, 6.45) is 2.91. The summed E-state index contributed by atoms with van der Waals surface area (Å²) in [6, 6.07) is 4.73. The van der Waals surface area contributed by atoms with Crippen molar-refractivity contribution in [3.8, 4) is 5.75 Å². The molecule has 0 radical (unpaired) electrons. The lowest BCUT2D eigenvalue weighted by atomic mass is 10.3. The summed E-state index contributed by atoms with van der Waals surface area (Å²) in [5.41, 5.74) is 0.443. The SMILES string of the molecule is O=[N+]([O-])c1ccc(F)cc1OCc1ccoc1. The van der Waals surface area contributed by atoms with Gasteiger partial charge in [-0.3, -0.25) is 10.1 Å². The van der Waals surface area contributed by atoms with Crippen LogP contribution in [0.4, 0.5) is 10.1 Å². The van der Waals surface area contributed by atoms with Crippen molar-refractivity contribution in [2.75, 3.05) is 0 Å². The van der Waals surface area contributed by atoms with Crippen molar-refractivity contribution >= 4 is 5.69 Å². The molecule has 0 saturated carbocycles. The molecule has 1 heterocycles. The number of nitro benzene ring substituents is 1. The van der Waals surface area contributed by atoms with Crippen LogP contribution in [0.1, 0.15) is 5.56 Å². The maximum Gasteiger partial charge on any atom is 0.311 e. The quantitative estimate of drug-likeness (QED) is 0.605. The minimum absolute atomic E-state index is 0.0841. The maximum atomic E-state index is 13.0. The van der Waals surface area contributed by atoms with Crippen molar-refractivity contribution in [3.05, 3.63) is 58.3 Å². The molecule has 2 aromatic rings. The van der Waals surface area contributed by atoms with E-state index in [0.717, 1.165) is 18.2 Å². The van der Waals surface area contributed by atoms with E-state index in [4.69, 9.17) is 9.15 Å². The Kier molecular flexibility index (Phi) is 3.04. The molecule has 1 aromatic heterocycles. The zero-order valence-electron chi connectivity index (χ0n) is 8.63. The molecule has 1 aromatic carbocycles. The maximum absolute atomic E-state index is 13.0. The van der Waals surface area contributed by atoms with Gasteiger partial charge in [-0.15, -0.1) is 0 Å². The molecule has 0 fully saturated rings. The van der Waals surface area contributed by atoms with Gasteiger partial charge in [0.2, 0.25) is 0 Å². The Morgan fingerprint density at radius 3 is 2.88 bits per heavy atom. The molecular formula is C11H8FNO4. The number of halogens is 1. The van der Waals surface area contributed by atoms with Gasteiger partial charge < -0.3 is 9.15 Å². The first-order valence-corrected chi connectivity index (χ1v) is 4.74. The fraction of sp³-hybridized carbons (Fsp3) is 0.0909. The first kappa shape index (κ1) is 11.1. The molecule has 0 bridgehead atoms. The van der Waals surface area contributed by atoms with E-state index < -0.39 is 10.7 Å².